The number of benzene rings is 1. The van der Waals surface area contributed by atoms with Gasteiger partial charge in [-0.3, -0.25) is 19.6 Å². The van der Waals surface area contributed by atoms with Gasteiger partial charge in [0.15, 0.2) is 0 Å². The van der Waals surface area contributed by atoms with Crippen LogP contribution in [0, 0.1) is 10.1 Å². The first-order chi connectivity index (χ1) is 8.86. The van der Waals surface area contributed by atoms with E-state index in [1.54, 1.807) is 12.1 Å². The quantitative estimate of drug-likeness (QED) is 0.212. The van der Waals surface area contributed by atoms with E-state index in [-0.39, 0.29) is 5.69 Å². The lowest BCUT2D eigenvalue weighted by Crippen LogP contribution is -2.26. The third-order valence-corrected chi connectivity index (χ3v) is 3.81. The minimum Gasteiger partial charge on any atom is -0.497 e. The second-order valence-corrected chi connectivity index (χ2v) is 5.27. The lowest BCUT2D eigenvalue weighted by molar-refractivity contribution is -0.466. The maximum atomic E-state index is 11.1. The molecule has 6 nitrogen and oxygen atoms in total. The average molecular weight is 284 g/mol. The first-order valence-corrected chi connectivity index (χ1v) is 6.40. The van der Waals surface area contributed by atoms with Crippen LogP contribution >= 0.6 is 11.8 Å². The average Bonchev–Trinajstić information content (AvgIpc) is 2.34. The SMILES string of the molecule is COc1ccc(SC(N(C)C)=[N+](C)C)c([N+](=O)[O-])c1. The number of hydrogen-bond donors (Lipinski definition) is 0. The van der Waals surface area contributed by atoms with Gasteiger partial charge in [0.25, 0.3) is 5.69 Å². The van der Waals surface area contributed by atoms with Crippen molar-refractivity contribution in [2.75, 3.05) is 35.3 Å². The van der Waals surface area contributed by atoms with Crippen LogP contribution in [0.2, 0.25) is 0 Å². The Morgan fingerprint density at radius 1 is 1.37 bits per heavy atom. The van der Waals surface area contributed by atoms with Gasteiger partial charge in [0.1, 0.15) is 5.75 Å². The summed E-state index contributed by atoms with van der Waals surface area (Å²) >= 11 is 1.35. The van der Waals surface area contributed by atoms with Crippen LogP contribution in [-0.4, -0.2) is 54.9 Å². The van der Waals surface area contributed by atoms with Gasteiger partial charge in [0, 0.05) is 11.8 Å². The summed E-state index contributed by atoms with van der Waals surface area (Å²) in [4.78, 5) is 13.2. The van der Waals surface area contributed by atoms with Crippen molar-refractivity contribution in [3.05, 3.63) is 28.3 Å². The molecule has 19 heavy (non-hydrogen) atoms. The summed E-state index contributed by atoms with van der Waals surface area (Å²) < 4.78 is 6.93. The van der Waals surface area contributed by atoms with E-state index in [4.69, 9.17) is 4.74 Å². The van der Waals surface area contributed by atoms with Crippen LogP contribution < -0.4 is 4.74 Å². The highest BCUT2D eigenvalue weighted by molar-refractivity contribution is 8.13. The van der Waals surface area contributed by atoms with E-state index >= 15 is 0 Å². The van der Waals surface area contributed by atoms with Gasteiger partial charge in [0.05, 0.1) is 51.2 Å². The van der Waals surface area contributed by atoms with Crippen molar-refractivity contribution in [3.8, 4) is 5.75 Å². The van der Waals surface area contributed by atoms with Crippen molar-refractivity contribution >= 4 is 22.6 Å². The van der Waals surface area contributed by atoms with Crippen LogP contribution in [0.25, 0.3) is 0 Å². The third-order valence-electron chi connectivity index (χ3n) is 2.33. The molecule has 0 bridgehead atoms. The molecule has 0 unspecified atom stereocenters. The van der Waals surface area contributed by atoms with Crippen molar-refractivity contribution in [1.29, 1.82) is 0 Å². The Morgan fingerprint density at radius 2 is 2.00 bits per heavy atom. The van der Waals surface area contributed by atoms with Gasteiger partial charge in [-0.1, -0.05) is 0 Å². The number of ether oxygens (including phenoxy) is 1. The molecule has 0 radical (unpaired) electrons. The Balaban J connectivity index is 3.21. The molecule has 1 aromatic rings. The normalized spacial score (nSPS) is 9.95. The Labute approximate surface area is 116 Å². The van der Waals surface area contributed by atoms with Crippen LogP contribution in [0.15, 0.2) is 23.1 Å². The number of nitro benzene ring substituents is 1. The first-order valence-electron chi connectivity index (χ1n) is 5.58. The number of amidine groups is 1. The van der Waals surface area contributed by atoms with E-state index in [0.717, 1.165) is 5.17 Å². The molecule has 1 rings (SSSR count). The predicted octanol–water partition coefficient (Wildman–Crippen LogP) is 1.89. The van der Waals surface area contributed by atoms with Crippen molar-refractivity contribution in [2.24, 2.45) is 0 Å². The zero-order valence-electron chi connectivity index (χ0n) is 11.7. The summed E-state index contributed by atoms with van der Waals surface area (Å²) in [6.07, 6.45) is 0. The smallest absolute Gasteiger partial charge is 0.312 e. The van der Waals surface area contributed by atoms with Gasteiger partial charge < -0.3 is 4.74 Å². The number of nitrogens with zero attached hydrogens (tertiary/aromatic N) is 3. The van der Waals surface area contributed by atoms with Crippen LogP contribution in [0.4, 0.5) is 5.69 Å². The summed E-state index contributed by atoms with van der Waals surface area (Å²) in [6, 6.07) is 4.86. The Bertz CT molecular complexity index is 511. The third kappa shape index (κ3) is 3.85. The highest BCUT2D eigenvalue weighted by atomic mass is 32.2. The standard InChI is InChI=1S/C12H18N3O3S/c1-13(2)12(14(3)4)19-11-7-6-9(18-5)8-10(11)15(16)17/h6-8H,1-5H3/q+1. The molecule has 104 valence electrons. The van der Waals surface area contributed by atoms with Crippen LogP contribution in [0.1, 0.15) is 0 Å². The van der Waals surface area contributed by atoms with Gasteiger partial charge in [-0.25, -0.2) is 0 Å². The van der Waals surface area contributed by atoms with E-state index in [1.807, 2.05) is 37.7 Å². The van der Waals surface area contributed by atoms with Crippen molar-refractivity contribution < 1.29 is 14.2 Å². The topological polar surface area (TPSA) is 58.6 Å². The van der Waals surface area contributed by atoms with Gasteiger partial charge in [0.2, 0.25) is 0 Å². The summed E-state index contributed by atoms with van der Waals surface area (Å²) in [5, 5.41) is 12.0. The summed E-state index contributed by atoms with van der Waals surface area (Å²) in [5.74, 6) is 0.479. The lowest BCUT2D eigenvalue weighted by atomic mass is 10.3. The monoisotopic (exact) mass is 284 g/mol. The van der Waals surface area contributed by atoms with E-state index in [0.29, 0.717) is 10.6 Å². The number of thioether (sulfide) groups is 1. The zero-order valence-corrected chi connectivity index (χ0v) is 12.5. The van der Waals surface area contributed by atoms with Crippen LogP contribution in [0.3, 0.4) is 0 Å². The maximum Gasteiger partial charge on any atom is 0.312 e. The Hall–Kier alpha value is -1.76. The summed E-state index contributed by atoms with van der Waals surface area (Å²) in [7, 11) is 9.09. The maximum absolute atomic E-state index is 11.1. The second kappa shape index (κ2) is 6.42. The molecule has 0 aliphatic rings. The van der Waals surface area contributed by atoms with Crippen LogP contribution in [-0.2, 0) is 0 Å². The Morgan fingerprint density at radius 3 is 2.42 bits per heavy atom. The number of methoxy groups -OCH3 is 1. The van der Waals surface area contributed by atoms with E-state index < -0.39 is 4.92 Å². The first kappa shape index (κ1) is 15.3. The van der Waals surface area contributed by atoms with Gasteiger partial charge in [-0.15, -0.1) is 0 Å². The molecule has 0 amide bonds. The highest BCUT2D eigenvalue weighted by Gasteiger charge is 2.22. The zero-order chi connectivity index (χ0) is 14.6. The molecule has 0 heterocycles. The van der Waals surface area contributed by atoms with E-state index in [2.05, 4.69) is 0 Å². The second-order valence-electron chi connectivity index (χ2n) is 4.26. The highest BCUT2D eigenvalue weighted by Crippen LogP contribution is 2.33. The van der Waals surface area contributed by atoms with Crippen LogP contribution in [0.5, 0.6) is 5.75 Å². The summed E-state index contributed by atoms with van der Waals surface area (Å²) in [6.45, 7) is 0. The van der Waals surface area contributed by atoms with E-state index in [9.17, 15) is 10.1 Å². The van der Waals surface area contributed by atoms with Gasteiger partial charge in [-0.2, -0.15) is 0 Å². The molecule has 7 heteroatoms. The lowest BCUT2D eigenvalue weighted by Gasteiger charge is -2.11. The largest absolute Gasteiger partial charge is 0.497 e. The fraction of sp³-hybridized carbons (Fsp3) is 0.417. The van der Waals surface area contributed by atoms with Crippen molar-refractivity contribution in [2.45, 2.75) is 4.90 Å². The number of hydrogen-bond acceptors (Lipinski definition) is 4. The minimum absolute atomic E-state index is 0.0468. The fourth-order valence-electron chi connectivity index (χ4n) is 1.53. The molecule has 0 aromatic heterocycles. The molecular weight excluding hydrogens is 266 g/mol. The molecule has 0 atom stereocenters. The Kier molecular flexibility index (Phi) is 5.17. The van der Waals surface area contributed by atoms with Gasteiger partial charge in [-0.05, 0) is 12.1 Å². The predicted molar refractivity (Wildman–Crippen MR) is 76.3 cm³/mol. The molecule has 1 aromatic carbocycles. The molecule has 0 saturated heterocycles. The molecule has 0 spiro atoms. The van der Waals surface area contributed by atoms with Crippen molar-refractivity contribution in [3.63, 3.8) is 0 Å². The van der Waals surface area contributed by atoms with Gasteiger partial charge >= 0.3 is 5.17 Å². The minimum atomic E-state index is -0.395. The summed E-state index contributed by atoms with van der Waals surface area (Å²) in [5.41, 5.74) is 0.0468. The molecular formula is C12H18N3O3S+. The number of nitro groups is 1. The van der Waals surface area contributed by atoms with E-state index in [1.165, 1.54) is 24.9 Å². The molecule has 0 saturated carbocycles. The number of rotatable bonds is 3. The van der Waals surface area contributed by atoms with Crippen molar-refractivity contribution in [1.82, 2.24) is 4.90 Å². The fourth-order valence-corrected chi connectivity index (χ4v) is 2.47. The molecule has 0 N–H and O–H groups in total. The molecule has 0 aliphatic carbocycles. The molecule has 0 fully saturated rings. The molecule has 0 aliphatic heterocycles.